The molecular formula is C20H20F3N3O2. The van der Waals surface area contributed by atoms with E-state index >= 15 is 0 Å². The first-order valence-electron chi connectivity index (χ1n) is 8.54. The lowest BCUT2D eigenvalue weighted by molar-refractivity contribution is -0.137. The summed E-state index contributed by atoms with van der Waals surface area (Å²) in [4.78, 5) is 23.6. The molecule has 0 aliphatic carbocycles. The smallest absolute Gasteiger partial charge is 0.326 e. The number of hydrogen-bond acceptors (Lipinski definition) is 3. The van der Waals surface area contributed by atoms with Crippen molar-refractivity contribution >= 4 is 23.7 Å². The second-order valence-electron chi connectivity index (χ2n) is 6.42. The van der Waals surface area contributed by atoms with Crippen LogP contribution < -0.4 is 10.7 Å². The van der Waals surface area contributed by atoms with Crippen LogP contribution in [0.15, 0.2) is 53.6 Å². The standard InChI is InChI=1S/C20H20F3N3O2/c1-13(2)15-8-6-14(7-9-15)12-24-26-19(28)11-18(27)25-17-5-3-4-16(10-17)20(21,22)23/h3-10,12-13H,11H2,1-2H3,(H,25,27)(H,26,28)/b24-12+. The lowest BCUT2D eigenvalue weighted by Gasteiger charge is -2.09. The molecule has 0 aliphatic rings. The highest BCUT2D eigenvalue weighted by Gasteiger charge is 2.30. The van der Waals surface area contributed by atoms with Crippen molar-refractivity contribution in [3.05, 3.63) is 65.2 Å². The van der Waals surface area contributed by atoms with Gasteiger partial charge in [0.15, 0.2) is 0 Å². The number of halogens is 3. The maximum atomic E-state index is 12.7. The van der Waals surface area contributed by atoms with Crippen molar-refractivity contribution in [3.8, 4) is 0 Å². The molecule has 0 aliphatic heterocycles. The van der Waals surface area contributed by atoms with E-state index in [2.05, 4.69) is 29.7 Å². The Hall–Kier alpha value is -3.16. The monoisotopic (exact) mass is 391 g/mol. The summed E-state index contributed by atoms with van der Waals surface area (Å²) in [6.45, 7) is 4.15. The molecule has 2 rings (SSSR count). The lowest BCUT2D eigenvalue weighted by Crippen LogP contribution is -2.24. The Balaban J connectivity index is 1.85. The molecule has 0 radical (unpaired) electrons. The van der Waals surface area contributed by atoms with Gasteiger partial charge in [-0.1, -0.05) is 44.2 Å². The van der Waals surface area contributed by atoms with Gasteiger partial charge in [0, 0.05) is 5.69 Å². The van der Waals surface area contributed by atoms with Crippen molar-refractivity contribution in [2.75, 3.05) is 5.32 Å². The van der Waals surface area contributed by atoms with Crippen molar-refractivity contribution in [3.63, 3.8) is 0 Å². The molecule has 0 saturated heterocycles. The fraction of sp³-hybridized carbons (Fsp3) is 0.250. The Morgan fingerprint density at radius 2 is 1.75 bits per heavy atom. The number of carbonyl (C=O) groups is 2. The van der Waals surface area contributed by atoms with Crippen LogP contribution >= 0.6 is 0 Å². The van der Waals surface area contributed by atoms with Gasteiger partial charge in [0.25, 0.3) is 0 Å². The van der Waals surface area contributed by atoms with E-state index in [1.165, 1.54) is 23.9 Å². The molecule has 8 heteroatoms. The predicted octanol–water partition coefficient (Wildman–Crippen LogP) is 4.31. The quantitative estimate of drug-likeness (QED) is 0.438. The highest BCUT2D eigenvalue weighted by Crippen LogP contribution is 2.30. The van der Waals surface area contributed by atoms with Crippen LogP contribution in [0.5, 0.6) is 0 Å². The van der Waals surface area contributed by atoms with Crippen LogP contribution in [-0.4, -0.2) is 18.0 Å². The van der Waals surface area contributed by atoms with E-state index in [0.717, 1.165) is 17.7 Å². The molecule has 0 fully saturated rings. The molecule has 148 valence electrons. The normalized spacial score (nSPS) is 11.6. The molecule has 0 atom stereocenters. The first-order chi connectivity index (χ1) is 13.1. The van der Waals surface area contributed by atoms with Crippen LogP contribution in [0.1, 0.15) is 42.9 Å². The average molecular weight is 391 g/mol. The van der Waals surface area contributed by atoms with Gasteiger partial charge in [-0.2, -0.15) is 18.3 Å². The van der Waals surface area contributed by atoms with Gasteiger partial charge in [0.05, 0.1) is 11.8 Å². The maximum Gasteiger partial charge on any atom is 0.416 e. The second-order valence-corrected chi connectivity index (χ2v) is 6.42. The van der Waals surface area contributed by atoms with E-state index in [9.17, 15) is 22.8 Å². The summed E-state index contributed by atoms with van der Waals surface area (Å²) >= 11 is 0. The third-order valence-corrected chi connectivity index (χ3v) is 3.80. The topological polar surface area (TPSA) is 70.6 Å². The zero-order valence-electron chi connectivity index (χ0n) is 15.4. The van der Waals surface area contributed by atoms with Crippen LogP contribution in [0.2, 0.25) is 0 Å². The lowest BCUT2D eigenvalue weighted by atomic mass is 10.0. The summed E-state index contributed by atoms with van der Waals surface area (Å²) in [5.41, 5.74) is 3.23. The highest BCUT2D eigenvalue weighted by atomic mass is 19.4. The minimum Gasteiger partial charge on any atom is -0.326 e. The zero-order chi connectivity index (χ0) is 20.7. The minimum atomic E-state index is -4.51. The van der Waals surface area contributed by atoms with E-state index in [4.69, 9.17) is 0 Å². The van der Waals surface area contributed by atoms with E-state index < -0.39 is 30.0 Å². The Labute approximate surface area is 160 Å². The van der Waals surface area contributed by atoms with E-state index in [-0.39, 0.29) is 5.69 Å². The number of anilines is 1. The zero-order valence-corrected chi connectivity index (χ0v) is 15.4. The number of amides is 2. The fourth-order valence-corrected chi connectivity index (χ4v) is 2.31. The molecule has 2 aromatic rings. The number of nitrogens with one attached hydrogen (secondary N) is 2. The third kappa shape index (κ3) is 6.53. The van der Waals surface area contributed by atoms with Crippen LogP contribution in [0.4, 0.5) is 18.9 Å². The Morgan fingerprint density at radius 1 is 1.07 bits per heavy atom. The number of rotatable bonds is 6. The number of alkyl halides is 3. The molecule has 2 amide bonds. The second kappa shape index (κ2) is 9.16. The number of hydrazone groups is 1. The molecule has 28 heavy (non-hydrogen) atoms. The molecule has 0 spiro atoms. The molecule has 2 aromatic carbocycles. The molecule has 5 nitrogen and oxygen atoms in total. The number of carbonyl (C=O) groups excluding carboxylic acids is 2. The summed E-state index contributed by atoms with van der Waals surface area (Å²) in [6, 6.07) is 11.8. The molecule has 0 unspecified atom stereocenters. The van der Waals surface area contributed by atoms with Crippen molar-refractivity contribution in [2.45, 2.75) is 32.4 Å². The SMILES string of the molecule is CC(C)c1ccc(/C=N/NC(=O)CC(=O)Nc2cccc(C(F)(F)F)c2)cc1. The van der Waals surface area contributed by atoms with Gasteiger partial charge in [0.2, 0.25) is 11.8 Å². The average Bonchev–Trinajstić information content (AvgIpc) is 2.61. The summed E-state index contributed by atoms with van der Waals surface area (Å²) in [6.07, 6.45) is -3.65. The molecular weight excluding hydrogens is 371 g/mol. The molecule has 0 aromatic heterocycles. The van der Waals surface area contributed by atoms with Crippen molar-refractivity contribution in [2.24, 2.45) is 5.10 Å². The number of hydrogen-bond donors (Lipinski definition) is 2. The van der Waals surface area contributed by atoms with E-state index in [0.29, 0.717) is 5.92 Å². The summed E-state index contributed by atoms with van der Waals surface area (Å²) in [5, 5.41) is 6.03. The van der Waals surface area contributed by atoms with Crippen LogP contribution in [-0.2, 0) is 15.8 Å². The van der Waals surface area contributed by atoms with E-state index in [1.807, 2.05) is 24.3 Å². The van der Waals surface area contributed by atoms with Crippen molar-refractivity contribution in [1.29, 1.82) is 0 Å². The molecule has 0 heterocycles. The van der Waals surface area contributed by atoms with Gasteiger partial charge in [-0.25, -0.2) is 5.43 Å². The van der Waals surface area contributed by atoms with Gasteiger partial charge in [-0.05, 0) is 35.2 Å². The summed E-state index contributed by atoms with van der Waals surface area (Å²) < 4.78 is 38.0. The van der Waals surface area contributed by atoms with Crippen molar-refractivity contribution in [1.82, 2.24) is 5.43 Å². The Morgan fingerprint density at radius 3 is 2.36 bits per heavy atom. The number of benzene rings is 2. The van der Waals surface area contributed by atoms with Gasteiger partial charge >= 0.3 is 6.18 Å². The van der Waals surface area contributed by atoms with Crippen molar-refractivity contribution < 1.29 is 22.8 Å². The van der Waals surface area contributed by atoms with Crippen LogP contribution in [0.3, 0.4) is 0 Å². The fourth-order valence-electron chi connectivity index (χ4n) is 2.31. The highest BCUT2D eigenvalue weighted by molar-refractivity contribution is 6.03. The number of nitrogens with zero attached hydrogens (tertiary/aromatic N) is 1. The maximum absolute atomic E-state index is 12.7. The Bertz CT molecular complexity index is 860. The predicted molar refractivity (Wildman–Crippen MR) is 101 cm³/mol. The van der Waals surface area contributed by atoms with Gasteiger partial charge in [-0.15, -0.1) is 0 Å². The molecule has 0 saturated carbocycles. The molecule has 2 N–H and O–H groups in total. The third-order valence-electron chi connectivity index (χ3n) is 3.80. The summed E-state index contributed by atoms with van der Waals surface area (Å²) in [7, 11) is 0. The first kappa shape index (κ1) is 21.1. The van der Waals surface area contributed by atoms with Gasteiger partial charge in [-0.3, -0.25) is 9.59 Å². The van der Waals surface area contributed by atoms with Crippen LogP contribution in [0.25, 0.3) is 0 Å². The minimum absolute atomic E-state index is 0.0404. The molecule has 0 bridgehead atoms. The first-order valence-corrected chi connectivity index (χ1v) is 8.54. The Kier molecular flexibility index (Phi) is 6.92. The van der Waals surface area contributed by atoms with Gasteiger partial charge < -0.3 is 5.32 Å². The van der Waals surface area contributed by atoms with Gasteiger partial charge in [0.1, 0.15) is 6.42 Å². The largest absolute Gasteiger partial charge is 0.416 e. The van der Waals surface area contributed by atoms with Crippen LogP contribution in [0, 0.1) is 0 Å². The van der Waals surface area contributed by atoms with E-state index in [1.54, 1.807) is 0 Å². The summed E-state index contributed by atoms with van der Waals surface area (Å²) in [5.74, 6) is -1.02.